The number of rotatable bonds is 5. The molecule has 0 amide bonds. The van der Waals surface area contributed by atoms with Crippen molar-refractivity contribution >= 4 is 11.3 Å². The van der Waals surface area contributed by atoms with E-state index in [1.54, 1.807) is 0 Å². The van der Waals surface area contributed by atoms with Crippen LogP contribution >= 0.6 is 11.3 Å². The van der Waals surface area contributed by atoms with Crippen molar-refractivity contribution in [1.29, 1.82) is 0 Å². The van der Waals surface area contributed by atoms with E-state index in [1.807, 2.05) is 5.38 Å². The van der Waals surface area contributed by atoms with E-state index in [0.29, 0.717) is 6.54 Å². The first kappa shape index (κ1) is 10.4. The summed E-state index contributed by atoms with van der Waals surface area (Å²) in [4.78, 5) is 13.5. The summed E-state index contributed by atoms with van der Waals surface area (Å²) in [5, 5.41) is 5.00. The predicted octanol–water partition coefficient (Wildman–Crippen LogP) is 0.263. The van der Waals surface area contributed by atoms with Crippen LogP contribution in [0.1, 0.15) is 19.0 Å². The van der Waals surface area contributed by atoms with Gasteiger partial charge in [-0.25, -0.2) is 0 Å². The fourth-order valence-corrected chi connectivity index (χ4v) is 1.52. The molecule has 0 spiro atoms. The van der Waals surface area contributed by atoms with Gasteiger partial charge in [0.1, 0.15) is 0 Å². The Morgan fingerprint density at radius 3 is 3.08 bits per heavy atom. The standard InChI is InChI=1S/C8H15N3OS/c1-2-6(9)3-10-4-7-5-13-8(12)11-7/h5-6,10H,2-4,9H2,1H3,(H,11,12). The van der Waals surface area contributed by atoms with E-state index in [-0.39, 0.29) is 10.9 Å². The van der Waals surface area contributed by atoms with Crippen molar-refractivity contribution < 1.29 is 0 Å². The van der Waals surface area contributed by atoms with Gasteiger partial charge in [-0.3, -0.25) is 4.79 Å². The van der Waals surface area contributed by atoms with Gasteiger partial charge >= 0.3 is 4.87 Å². The van der Waals surface area contributed by atoms with Crippen LogP contribution in [-0.2, 0) is 6.54 Å². The molecule has 1 heterocycles. The molecule has 0 saturated carbocycles. The Morgan fingerprint density at radius 1 is 1.77 bits per heavy atom. The topological polar surface area (TPSA) is 70.9 Å². The molecule has 0 aliphatic carbocycles. The monoisotopic (exact) mass is 201 g/mol. The molecule has 0 aromatic carbocycles. The lowest BCUT2D eigenvalue weighted by Crippen LogP contribution is -2.32. The highest BCUT2D eigenvalue weighted by Crippen LogP contribution is 1.94. The van der Waals surface area contributed by atoms with Crippen LogP contribution in [0.5, 0.6) is 0 Å². The first-order valence-corrected chi connectivity index (χ1v) is 5.23. The van der Waals surface area contributed by atoms with E-state index in [0.717, 1.165) is 18.7 Å². The van der Waals surface area contributed by atoms with Crippen LogP contribution in [0, 0.1) is 0 Å². The molecule has 0 radical (unpaired) electrons. The largest absolute Gasteiger partial charge is 0.327 e. The Hall–Kier alpha value is -0.650. The minimum atomic E-state index is -0.00316. The molecule has 1 aromatic heterocycles. The van der Waals surface area contributed by atoms with Crippen molar-refractivity contribution in [3.8, 4) is 0 Å². The number of aromatic amines is 1. The van der Waals surface area contributed by atoms with Crippen LogP contribution in [0.2, 0.25) is 0 Å². The summed E-state index contributed by atoms with van der Waals surface area (Å²) in [7, 11) is 0. The quantitative estimate of drug-likeness (QED) is 0.640. The first-order valence-electron chi connectivity index (χ1n) is 4.35. The summed E-state index contributed by atoms with van der Waals surface area (Å²) in [6.07, 6.45) is 0.965. The SMILES string of the molecule is CCC(N)CNCc1csc(=O)[nH]1. The maximum Gasteiger partial charge on any atom is 0.304 e. The minimum Gasteiger partial charge on any atom is -0.327 e. The first-order chi connectivity index (χ1) is 6.22. The molecule has 1 atom stereocenters. The molecule has 1 aromatic rings. The van der Waals surface area contributed by atoms with Gasteiger partial charge in [0.05, 0.1) is 0 Å². The molecule has 13 heavy (non-hydrogen) atoms. The van der Waals surface area contributed by atoms with E-state index >= 15 is 0 Å². The van der Waals surface area contributed by atoms with Gasteiger partial charge in [-0.15, -0.1) is 0 Å². The molecule has 0 aliphatic rings. The zero-order valence-electron chi connectivity index (χ0n) is 7.67. The van der Waals surface area contributed by atoms with E-state index in [2.05, 4.69) is 17.2 Å². The summed E-state index contributed by atoms with van der Waals surface area (Å²) in [6, 6.07) is 0.199. The van der Waals surface area contributed by atoms with E-state index in [4.69, 9.17) is 5.73 Å². The molecule has 74 valence electrons. The lowest BCUT2D eigenvalue weighted by Gasteiger charge is -2.08. The molecule has 0 fully saturated rings. The summed E-state index contributed by atoms with van der Waals surface area (Å²) in [5.74, 6) is 0. The Morgan fingerprint density at radius 2 is 2.54 bits per heavy atom. The van der Waals surface area contributed by atoms with Crippen LogP contribution in [-0.4, -0.2) is 17.6 Å². The van der Waals surface area contributed by atoms with Crippen LogP contribution < -0.4 is 15.9 Å². The van der Waals surface area contributed by atoms with E-state index in [1.165, 1.54) is 11.3 Å². The smallest absolute Gasteiger partial charge is 0.304 e. The van der Waals surface area contributed by atoms with Gasteiger partial charge < -0.3 is 16.0 Å². The highest BCUT2D eigenvalue weighted by Gasteiger charge is 1.99. The molecule has 4 N–H and O–H groups in total. The number of thiazole rings is 1. The molecule has 0 aliphatic heterocycles. The fourth-order valence-electron chi connectivity index (χ4n) is 0.937. The summed E-state index contributed by atoms with van der Waals surface area (Å²) in [5.41, 5.74) is 6.64. The van der Waals surface area contributed by atoms with Crippen molar-refractivity contribution in [2.75, 3.05) is 6.54 Å². The van der Waals surface area contributed by atoms with Gasteiger partial charge in [-0.05, 0) is 6.42 Å². The zero-order chi connectivity index (χ0) is 9.68. The van der Waals surface area contributed by atoms with Crippen LogP contribution in [0.4, 0.5) is 0 Å². The Kier molecular flexibility index (Phi) is 4.14. The van der Waals surface area contributed by atoms with Gasteiger partial charge in [0.15, 0.2) is 0 Å². The number of nitrogens with one attached hydrogen (secondary N) is 2. The number of hydrogen-bond acceptors (Lipinski definition) is 4. The zero-order valence-corrected chi connectivity index (χ0v) is 8.49. The van der Waals surface area contributed by atoms with E-state index in [9.17, 15) is 4.79 Å². The Labute approximate surface area is 81.2 Å². The second kappa shape index (κ2) is 5.16. The third kappa shape index (κ3) is 3.71. The Balaban J connectivity index is 2.24. The highest BCUT2D eigenvalue weighted by molar-refractivity contribution is 7.07. The lowest BCUT2D eigenvalue weighted by molar-refractivity contribution is 0.560. The molecule has 4 nitrogen and oxygen atoms in total. The van der Waals surface area contributed by atoms with Gasteiger partial charge in [-0.2, -0.15) is 0 Å². The molecule has 0 saturated heterocycles. The van der Waals surface area contributed by atoms with Crippen molar-refractivity contribution in [2.45, 2.75) is 25.9 Å². The third-order valence-corrected chi connectivity index (χ3v) is 2.54. The molecule has 1 unspecified atom stereocenters. The minimum absolute atomic E-state index is 0.00316. The van der Waals surface area contributed by atoms with Crippen molar-refractivity contribution in [3.05, 3.63) is 20.7 Å². The van der Waals surface area contributed by atoms with Gasteiger partial charge in [0.2, 0.25) is 0 Å². The van der Waals surface area contributed by atoms with Crippen molar-refractivity contribution in [3.63, 3.8) is 0 Å². The van der Waals surface area contributed by atoms with Crippen LogP contribution in [0.25, 0.3) is 0 Å². The van der Waals surface area contributed by atoms with Gasteiger partial charge in [-0.1, -0.05) is 18.3 Å². The van der Waals surface area contributed by atoms with E-state index < -0.39 is 0 Å². The van der Waals surface area contributed by atoms with Crippen molar-refractivity contribution in [2.24, 2.45) is 5.73 Å². The fraction of sp³-hybridized carbons (Fsp3) is 0.625. The normalized spacial score (nSPS) is 13.1. The highest BCUT2D eigenvalue weighted by atomic mass is 32.1. The predicted molar refractivity (Wildman–Crippen MR) is 54.9 cm³/mol. The average molecular weight is 201 g/mol. The van der Waals surface area contributed by atoms with Crippen LogP contribution in [0.15, 0.2) is 10.2 Å². The number of hydrogen-bond donors (Lipinski definition) is 3. The van der Waals surface area contributed by atoms with Gasteiger partial charge in [0, 0.05) is 30.2 Å². The third-order valence-electron chi connectivity index (χ3n) is 1.82. The molecular formula is C8H15N3OS. The average Bonchev–Trinajstić information content (AvgIpc) is 2.51. The molecular weight excluding hydrogens is 186 g/mol. The summed E-state index contributed by atoms with van der Waals surface area (Å²) < 4.78 is 0. The maximum atomic E-state index is 10.8. The van der Waals surface area contributed by atoms with Crippen LogP contribution in [0.3, 0.4) is 0 Å². The molecule has 0 bridgehead atoms. The van der Waals surface area contributed by atoms with Gasteiger partial charge in [0.25, 0.3) is 0 Å². The number of nitrogens with two attached hydrogens (primary N) is 1. The lowest BCUT2D eigenvalue weighted by atomic mass is 10.2. The second-order valence-electron chi connectivity index (χ2n) is 2.97. The van der Waals surface area contributed by atoms with Crippen molar-refractivity contribution in [1.82, 2.24) is 10.3 Å². The summed E-state index contributed by atoms with van der Waals surface area (Å²) >= 11 is 1.19. The maximum absolute atomic E-state index is 10.8. The number of H-pyrrole nitrogens is 1. The second-order valence-corrected chi connectivity index (χ2v) is 3.81. The number of aromatic nitrogens is 1. The molecule has 1 rings (SSSR count). The Bertz CT molecular complexity index is 294. The summed E-state index contributed by atoms with van der Waals surface area (Å²) in [6.45, 7) is 3.53. The molecule has 5 heteroatoms.